The van der Waals surface area contributed by atoms with Gasteiger partial charge in [0.25, 0.3) is 5.91 Å². The van der Waals surface area contributed by atoms with E-state index in [1.165, 1.54) is 11.0 Å². The first-order valence-corrected chi connectivity index (χ1v) is 11.1. The molecular formula is C24H22N2O6S. The van der Waals surface area contributed by atoms with Crippen LogP contribution in [0.15, 0.2) is 52.1 Å². The molecule has 1 aromatic carbocycles. The molecule has 2 aromatic heterocycles. The number of thiazole rings is 1. The highest BCUT2D eigenvalue weighted by molar-refractivity contribution is 7.17. The van der Waals surface area contributed by atoms with Crippen LogP contribution < -0.4 is 4.90 Å². The molecule has 0 bridgehead atoms. The average molecular weight is 467 g/mol. The number of carbonyl (C=O) groups excluding carboxylic acids is 3. The minimum absolute atomic E-state index is 0.0170. The average Bonchev–Trinajstić information content (AvgIpc) is 3.45. The number of aliphatic hydroxyl groups is 1. The van der Waals surface area contributed by atoms with Crippen LogP contribution in [0.5, 0.6) is 0 Å². The lowest BCUT2D eigenvalue weighted by Gasteiger charge is -2.24. The Hall–Kier alpha value is -3.72. The summed E-state index contributed by atoms with van der Waals surface area (Å²) < 4.78 is 10.5. The Morgan fingerprint density at radius 3 is 2.45 bits per heavy atom. The summed E-state index contributed by atoms with van der Waals surface area (Å²) in [5.74, 6) is -2.05. The van der Waals surface area contributed by atoms with Gasteiger partial charge < -0.3 is 14.3 Å². The van der Waals surface area contributed by atoms with Crippen molar-refractivity contribution >= 4 is 34.1 Å². The number of anilines is 1. The van der Waals surface area contributed by atoms with Crippen molar-refractivity contribution in [3.8, 4) is 0 Å². The third-order valence-electron chi connectivity index (χ3n) is 5.26. The molecule has 1 atom stereocenters. The molecule has 1 amide bonds. The Labute approximate surface area is 194 Å². The number of furan rings is 1. The van der Waals surface area contributed by atoms with Gasteiger partial charge in [-0.3, -0.25) is 14.5 Å². The second kappa shape index (κ2) is 8.67. The standard InChI is InChI=1S/C24H22N2O6S/c1-5-31-23(30)21-14(4)25-24(33-21)26-18(15-9-6-12(2)7-10-15)17(20(28)22(26)29)19(27)16-11-8-13(3)32-16/h6-11,18,28H,5H2,1-4H3/t18-/m0/s1. The largest absolute Gasteiger partial charge is 0.503 e. The summed E-state index contributed by atoms with van der Waals surface area (Å²) in [5, 5.41) is 11.0. The van der Waals surface area contributed by atoms with E-state index in [1.54, 1.807) is 39.0 Å². The van der Waals surface area contributed by atoms with Crippen LogP contribution in [0.25, 0.3) is 0 Å². The molecule has 0 saturated heterocycles. The summed E-state index contributed by atoms with van der Waals surface area (Å²) in [5.41, 5.74) is 1.88. The summed E-state index contributed by atoms with van der Waals surface area (Å²) in [4.78, 5) is 44.7. The van der Waals surface area contributed by atoms with Crippen LogP contribution in [0, 0.1) is 20.8 Å². The fraction of sp³-hybridized carbons (Fsp3) is 0.250. The molecule has 0 spiro atoms. The van der Waals surface area contributed by atoms with Crippen molar-refractivity contribution in [2.75, 3.05) is 11.5 Å². The number of ketones is 1. The molecule has 9 heteroatoms. The van der Waals surface area contributed by atoms with E-state index in [-0.39, 0.29) is 27.9 Å². The number of rotatable bonds is 6. The van der Waals surface area contributed by atoms with E-state index in [9.17, 15) is 19.5 Å². The number of carbonyl (C=O) groups is 3. The van der Waals surface area contributed by atoms with Crippen molar-refractivity contribution < 1.29 is 28.6 Å². The van der Waals surface area contributed by atoms with Crippen molar-refractivity contribution in [2.45, 2.75) is 33.7 Å². The lowest BCUT2D eigenvalue weighted by Crippen LogP contribution is -2.31. The zero-order valence-electron chi connectivity index (χ0n) is 18.5. The first kappa shape index (κ1) is 22.5. The first-order valence-electron chi connectivity index (χ1n) is 10.3. The van der Waals surface area contributed by atoms with Crippen LogP contribution in [0.1, 0.15) is 55.8 Å². The molecule has 0 unspecified atom stereocenters. The van der Waals surface area contributed by atoms with E-state index in [1.807, 2.05) is 19.1 Å². The van der Waals surface area contributed by atoms with Gasteiger partial charge in [0.15, 0.2) is 16.7 Å². The first-order chi connectivity index (χ1) is 15.7. The number of ether oxygens (including phenoxy) is 1. The van der Waals surface area contributed by atoms with Gasteiger partial charge in [0, 0.05) is 0 Å². The Bertz CT molecular complexity index is 1280. The maximum Gasteiger partial charge on any atom is 0.350 e. The molecule has 1 aliphatic rings. The van der Waals surface area contributed by atoms with Crippen LogP contribution in [0.4, 0.5) is 5.13 Å². The Morgan fingerprint density at radius 1 is 1.15 bits per heavy atom. The van der Waals surface area contributed by atoms with Gasteiger partial charge in [-0.1, -0.05) is 41.2 Å². The highest BCUT2D eigenvalue weighted by Crippen LogP contribution is 2.43. The van der Waals surface area contributed by atoms with E-state index in [0.717, 1.165) is 16.9 Å². The van der Waals surface area contributed by atoms with Gasteiger partial charge >= 0.3 is 5.97 Å². The molecule has 4 rings (SSSR count). The molecule has 0 fully saturated rings. The fourth-order valence-corrected chi connectivity index (χ4v) is 4.65. The van der Waals surface area contributed by atoms with Gasteiger partial charge in [-0.15, -0.1) is 0 Å². The van der Waals surface area contributed by atoms with Gasteiger partial charge in [0.1, 0.15) is 10.6 Å². The third-order valence-corrected chi connectivity index (χ3v) is 6.40. The summed E-state index contributed by atoms with van der Waals surface area (Å²) in [6, 6.07) is 9.46. The number of hydrogen-bond acceptors (Lipinski definition) is 8. The second-order valence-corrected chi connectivity index (χ2v) is 8.60. The van der Waals surface area contributed by atoms with Crippen molar-refractivity contribution in [3.05, 3.63) is 80.9 Å². The minimum atomic E-state index is -0.948. The van der Waals surface area contributed by atoms with E-state index in [2.05, 4.69) is 4.98 Å². The van der Waals surface area contributed by atoms with Crippen LogP contribution in [-0.2, 0) is 9.53 Å². The van der Waals surface area contributed by atoms with Crippen molar-refractivity contribution in [1.82, 2.24) is 4.98 Å². The number of hydrogen-bond donors (Lipinski definition) is 1. The van der Waals surface area contributed by atoms with Crippen LogP contribution >= 0.6 is 11.3 Å². The molecule has 33 heavy (non-hydrogen) atoms. The van der Waals surface area contributed by atoms with E-state index in [4.69, 9.17) is 9.15 Å². The SMILES string of the molecule is CCOC(=O)c1sc(N2C(=O)C(O)=C(C(=O)c3ccc(C)o3)[C@@H]2c2ccc(C)cc2)nc1C. The van der Waals surface area contributed by atoms with Gasteiger partial charge in [0.2, 0.25) is 5.78 Å². The summed E-state index contributed by atoms with van der Waals surface area (Å²) in [7, 11) is 0. The molecule has 3 aromatic rings. The second-order valence-electron chi connectivity index (χ2n) is 7.62. The molecule has 1 N–H and O–H groups in total. The number of esters is 1. The van der Waals surface area contributed by atoms with Crippen molar-refractivity contribution in [2.24, 2.45) is 0 Å². The third kappa shape index (κ3) is 3.95. The predicted octanol–water partition coefficient (Wildman–Crippen LogP) is 4.62. The number of aromatic nitrogens is 1. The summed E-state index contributed by atoms with van der Waals surface area (Å²) in [6.45, 7) is 7.15. The smallest absolute Gasteiger partial charge is 0.350 e. The zero-order chi connectivity index (χ0) is 23.9. The number of Topliss-reactive ketones (excluding diaryl/α,β-unsaturated/α-hetero) is 1. The van der Waals surface area contributed by atoms with Crippen LogP contribution in [0.2, 0.25) is 0 Å². The topological polar surface area (TPSA) is 110 Å². The molecule has 0 saturated carbocycles. The lowest BCUT2D eigenvalue weighted by atomic mass is 9.94. The highest BCUT2D eigenvalue weighted by Gasteiger charge is 2.46. The number of benzene rings is 1. The highest BCUT2D eigenvalue weighted by atomic mass is 32.1. The minimum Gasteiger partial charge on any atom is -0.503 e. The number of aryl methyl sites for hydroxylation is 3. The molecule has 3 heterocycles. The molecular weight excluding hydrogens is 444 g/mol. The number of nitrogens with zero attached hydrogens (tertiary/aromatic N) is 2. The van der Waals surface area contributed by atoms with E-state index >= 15 is 0 Å². The van der Waals surface area contributed by atoms with Crippen LogP contribution in [0.3, 0.4) is 0 Å². The van der Waals surface area contributed by atoms with Gasteiger partial charge in [-0.25, -0.2) is 9.78 Å². The quantitative estimate of drug-likeness (QED) is 0.417. The maximum atomic E-state index is 13.3. The molecule has 170 valence electrons. The Morgan fingerprint density at radius 2 is 1.85 bits per heavy atom. The number of aliphatic hydroxyl groups excluding tert-OH is 1. The normalized spacial score (nSPS) is 15.9. The molecule has 8 nitrogen and oxygen atoms in total. The van der Waals surface area contributed by atoms with E-state index in [0.29, 0.717) is 17.0 Å². The lowest BCUT2D eigenvalue weighted by molar-refractivity contribution is -0.117. The van der Waals surface area contributed by atoms with Crippen LogP contribution in [-0.4, -0.2) is 34.4 Å². The molecule has 1 aliphatic heterocycles. The fourth-order valence-electron chi connectivity index (χ4n) is 3.66. The molecule has 0 aliphatic carbocycles. The predicted molar refractivity (Wildman–Crippen MR) is 122 cm³/mol. The van der Waals surface area contributed by atoms with Gasteiger partial charge in [-0.2, -0.15) is 0 Å². The summed E-state index contributed by atoms with van der Waals surface area (Å²) >= 11 is 0.973. The monoisotopic (exact) mass is 466 g/mol. The van der Waals surface area contributed by atoms with Gasteiger partial charge in [0.05, 0.1) is 23.9 Å². The van der Waals surface area contributed by atoms with E-state index < -0.39 is 29.5 Å². The summed E-state index contributed by atoms with van der Waals surface area (Å²) in [6.07, 6.45) is 0. The Kier molecular flexibility index (Phi) is 5.90. The maximum absolute atomic E-state index is 13.3. The number of amides is 1. The van der Waals surface area contributed by atoms with Crippen molar-refractivity contribution in [3.63, 3.8) is 0 Å². The molecule has 0 radical (unpaired) electrons. The zero-order valence-corrected chi connectivity index (χ0v) is 19.4. The Balaban J connectivity index is 1.85. The van der Waals surface area contributed by atoms with Crippen molar-refractivity contribution in [1.29, 1.82) is 0 Å². The van der Waals surface area contributed by atoms with Gasteiger partial charge in [-0.05, 0) is 45.4 Å².